The van der Waals surface area contributed by atoms with E-state index in [4.69, 9.17) is 0 Å². The lowest BCUT2D eigenvalue weighted by Gasteiger charge is -2.06. The van der Waals surface area contributed by atoms with Crippen LogP contribution in [-0.4, -0.2) is 24.0 Å². The molecule has 0 aromatic rings. The molecule has 0 aliphatic carbocycles. The minimum atomic E-state index is -0.590. The van der Waals surface area contributed by atoms with Crippen molar-refractivity contribution < 1.29 is 14.3 Å². The van der Waals surface area contributed by atoms with Crippen molar-refractivity contribution in [2.75, 3.05) is 0 Å². The Bertz CT molecular complexity index is 178. The number of carbonyl (C=O) groups excluding carboxylic acids is 2. The van der Waals surface area contributed by atoms with Gasteiger partial charge in [-0.15, -0.1) is 0 Å². The molecule has 0 bridgehead atoms. The Hall–Kier alpha value is -1.06. The first-order valence-electron chi connectivity index (χ1n) is 3.09. The Balaban J connectivity index is 2.63. The second kappa shape index (κ2) is 2.28. The third-order valence-electron chi connectivity index (χ3n) is 1.43. The van der Waals surface area contributed by atoms with E-state index in [2.05, 4.69) is 10.1 Å². The second-order valence-electron chi connectivity index (χ2n) is 2.37. The van der Waals surface area contributed by atoms with Crippen molar-refractivity contribution in [3.05, 3.63) is 0 Å². The Kier molecular flexibility index (Phi) is 1.61. The highest BCUT2D eigenvalue weighted by molar-refractivity contribution is 5.86. The number of Topliss-reactive ketones (excluding diaryl/α,β-unsaturated/α-hetero) is 1. The van der Waals surface area contributed by atoms with E-state index in [0.717, 1.165) is 0 Å². The van der Waals surface area contributed by atoms with Gasteiger partial charge in [-0.05, 0) is 13.8 Å². The molecule has 1 amide bonds. The van der Waals surface area contributed by atoms with Crippen LogP contribution in [0.1, 0.15) is 13.8 Å². The minimum absolute atomic E-state index is 0.120. The van der Waals surface area contributed by atoms with Gasteiger partial charge in [0.15, 0.2) is 11.9 Å². The van der Waals surface area contributed by atoms with Gasteiger partial charge in [0.2, 0.25) is 0 Å². The Labute approximate surface area is 58.5 Å². The molecule has 4 nitrogen and oxygen atoms in total. The summed E-state index contributed by atoms with van der Waals surface area (Å²) in [5.74, 6) is -0.120. The summed E-state index contributed by atoms with van der Waals surface area (Å²) in [4.78, 5) is 21.2. The summed E-state index contributed by atoms with van der Waals surface area (Å²) in [6.07, 6.45) is -1.10. The van der Waals surface area contributed by atoms with E-state index >= 15 is 0 Å². The van der Waals surface area contributed by atoms with E-state index in [1.165, 1.54) is 6.92 Å². The smallest absolute Gasteiger partial charge is 0.408 e. The highest BCUT2D eigenvalue weighted by atomic mass is 16.6. The average molecular weight is 143 g/mol. The van der Waals surface area contributed by atoms with Gasteiger partial charge in [-0.3, -0.25) is 4.79 Å². The molecule has 0 spiro atoms. The van der Waals surface area contributed by atoms with Crippen LogP contribution in [0.5, 0.6) is 0 Å². The lowest BCUT2D eigenvalue weighted by molar-refractivity contribution is -0.124. The summed E-state index contributed by atoms with van der Waals surface area (Å²) in [6, 6.07) is -0.190. The van der Waals surface area contributed by atoms with Gasteiger partial charge in [0.1, 0.15) is 0 Å². The monoisotopic (exact) mass is 143 g/mol. The molecule has 56 valence electrons. The van der Waals surface area contributed by atoms with E-state index in [0.29, 0.717) is 0 Å². The molecule has 1 aliphatic rings. The quantitative estimate of drug-likeness (QED) is 0.565. The number of amides is 1. The van der Waals surface area contributed by atoms with Gasteiger partial charge in [-0.2, -0.15) is 0 Å². The average Bonchev–Trinajstić information content (AvgIpc) is 2.10. The first kappa shape index (κ1) is 7.05. The second-order valence-corrected chi connectivity index (χ2v) is 2.37. The summed E-state index contributed by atoms with van der Waals surface area (Å²) in [5.41, 5.74) is 0. The Morgan fingerprint density at radius 2 is 2.30 bits per heavy atom. The molecule has 1 fully saturated rings. The fraction of sp³-hybridized carbons (Fsp3) is 0.667. The minimum Gasteiger partial charge on any atom is -0.436 e. The highest BCUT2D eigenvalue weighted by Crippen LogP contribution is 2.08. The lowest BCUT2D eigenvalue weighted by Crippen LogP contribution is -2.32. The molecule has 0 unspecified atom stereocenters. The standard InChI is InChI=1S/C6H9NO3/c1-3-5(4(2)8)10-6(9)7-3/h3,5H,1-2H3,(H,7,9)/t3-,5+/m0/s1. The van der Waals surface area contributed by atoms with Crippen LogP contribution in [0.25, 0.3) is 0 Å². The van der Waals surface area contributed by atoms with E-state index in [-0.39, 0.29) is 11.8 Å². The number of ketones is 1. The number of cyclic esters (lactones) is 1. The molecular weight excluding hydrogens is 134 g/mol. The van der Waals surface area contributed by atoms with E-state index in [1.807, 2.05) is 0 Å². The highest BCUT2D eigenvalue weighted by Gasteiger charge is 2.33. The summed E-state index contributed by atoms with van der Waals surface area (Å²) in [7, 11) is 0. The van der Waals surface area contributed by atoms with Gasteiger partial charge in [0.25, 0.3) is 0 Å². The van der Waals surface area contributed by atoms with Gasteiger partial charge in [-0.1, -0.05) is 0 Å². The number of carbonyl (C=O) groups is 2. The maximum absolute atomic E-state index is 10.7. The predicted octanol–water partition coefficient (Wildman–Crippen LogP) is 0.0723. The van der Waals surface area contributed by atoms with Crippen LogP contribution in [0.4, 0.5) is 4.79 Å². The Morgan fingerprint density at radius 1 is 1.70 bits per heavy atom. The summed E-state index contributed by atoms with van der Waals surface area (Å²) < 4.78 is 4.64. The van der Waals surface area contributed by atoms with Crippen molar-refractivity contribution in [3.63, 3.8) is 0 Å². The normalized spacial score (nSPS) is 31.2. The topological polar surface area (TPSA) is 55.4 Å². The van der Waals surface area contributed by atoms with Crippen molar-refractivity contribution in [1.29, 1.82) is 0 Å². The van der Waals surface area contributed by atoms with Crippen LogP contribution in [0.15, 0.2) is 0 Å². The molecule has 0 radical (unpaired) electrons. The van der Waals surface area contributed by atoms with Crippen molar-refractivity contribution >= 4 is 11.9 Å². The zero-order valence-electron chi connectivity index (χ0n) is 5.88. The molecule has 1 heterocycles. The summed E-state index contributed by atoms with van der Waals surface area (Å²) in [5, 5.41) is 2.47. The maximum atomic E-state index is 10.7. The lowest BCUT2D eigenvalue weighted by atomic mass is 10.1. The number of ether oxygens (including phenoxy) is 1. The molecule has 0 saturated carbocycles. The molecule has 1 saturated heterocycles. The molecule has 10 heavy (non-hydrogen) atoms. The van der Waals surface area contributed by atoms with Gasteiger partial charge in [0, 0.05) is 0 Å². The first-order valence-corrected chi connectivity index (χ1v) is 3.09. The van der Waals surface area contributed by atoms with E-state index < -0.39 is 12.2 Å². The van der Waals surface area contributed by atoms with Gasteiger partial charge in [0.05, 0.1) is 6.04 Å². The molecule has 2 atom stereocenters. The van der Waals surface area contributed by atoms with Crippen LogP contribution >= 0.6 is 0 Å². The summed E-state index contributed by atoms with van der Waals surface area (Å²) >= 11 is 0. The van der Waals surface area contributed by atoms with Gasteiger partial charge < -0.3 is 10.1 Å². The van der Waals surface area contributed by atoms with E-state index in [1.54, 1.807) is 6.92 Å². The maximum Gasteiger partial charge on any atom is 0.408 e. The van der Waals surface area contributed by atoms with E-state index in [9.17, 15) is 9.59 Å². The molecule has 4 heteroatoms. The van der Waals surface area contributed by atoms with Crippen LogP contribution in [0, 0.1) is 0 Å². The van der Waals surface area contributed by atoms with Crippen LogP contribution in [-0.2, 0) is 9.53 Å². The van der Waals surface area contributed by atoms with Crippen LogP contribution < -0.4 is 5.32 Å². The largest absolute Gasteiger partial charge is 0.436 e. The third-order valence-corrected chi connectivity index (χ3v) is 1.43. The zero-order chi connectivity index (χ0) is 7.72. The molecule has 1 rings (SSSR count). The Morgan fingerprint density at radius 3 is 2.50 bits per heavy atom. The fourth-order valence-corrected chi connectivity index (χ4v) is 0.948. The van der Waals surface area contributed by atoms with Crippen LogP contribution in [0.2, 0.25) is 0 Å². The van der Waals surface area contributed by atoms with Gasteiger partial charge >= 0.3 is 6.09 Å². The van der Waals surface area contributed by atoms with Crippen molar-refractivity contribution in [3.8, 4) is 0 Å². The van der Waals surface area contributed by atoms with Gasteiger partial charge in [-0.25, -0.2) is 4.79 Å². The third kappa shape index (κ3) is 1.10. The number of hydrogen-bond acceptors (Lipinski definition) is 3. The van der Waals surface area contributed by atoms with Crippen molar-refractivity contribution in [2.45, 2.75) is 26.0 Å². The number of hydrogen-bond donors (Lipinski definition) is 1. The first-order chi connectivity index (χ1) is 4.61. The van der Waals surface area contributed by atoms with Crippen molar-refractivity contribution in [2.24, 2.45) is 0 Å². The molecule has 0 aromatic carbocycles. The van der Waals surface area contributed by atoms with Crippen LogP contribution in [0.3, 0.4) is 0 Å². The molecule has 0 aromatic heterocycles. The van der Waals surface area contributed by atoms with Crippen molar-refractivity contribution in [1.82, 2.24) is 5.32 Å². The SMILES string of the molecule is CC(=O)[C@@H]1OC(=O)N[C@H]1C. The fourth-order valence-electron chi connectivity index (χ4n) is 0.948. The number of rotatable bonds is 1. The molecule has 1 N–H and O–H groups in total. The predicted molar refractivity (Wildman–Crippen MR) is 33.5 cm³/mol. The molecule has 1 aliphatic heterocycles. The number of alkyl carbamates (subject to hydrolysis) is 1. The number of nitrogens with one attached hydrogen (secondary N) is 1. The summed E-state index contributed by atoms with van der Waals surface area (Å²) in [6.45, 7) is 3.14. The zero-order valence-corrected chi connectivity index (χ0v) is 5.88. The molecular formula is C6H9NO3.